The zero-order valence-electron chi connectivity index (χ0n) is 41.4. The summed E-state index contributed by atoms with van der Waals surface area (Å²) in [5, 5.41) is 78.9. The summed E-state index contributed by atoms with van der Waals surface area (Å²) in [6.45, 7) is 20.2. The molecule has 18 nitrogen and oxygen atoms in total. The number of aliphatic hydroxyl groups excluding tert-OH is 2. The van der Waals surface area contributed by atoms with Crippen molar-refractivity contribution in [2.45, 2.75) is 198 Å². The Bertz CT molecular complexity index is 1780. The maximum atomic E-state index is 14.5. The zero-order valence-corrected chi connectivity index (χ0v) is 41.4. The van der Waals surface area contributed by atoms with Crippen molar-refractivity contribution in [2.24, 2.45) is 17.8 Å². The Morgan fingerprint density at radius 1 is 1.03 bits per heavy atom. The Balaban J connectivity index is 1.78. The molecule has 3 heterocycles. The van der Waals surface area contributed by atoms with Gasteiger partial charge in [-0.05, 0) is 111 Å². The zero-order chi connectivity index (χ0) is 49.5. The maximum Gasteiger partial charge on any atom is 0.321 e. The molecule has 18 heteroatoms. The average Bonchev–Trinajstić information content (AvgIpc) is 3.26. The molecule has 1 aromatic rings. The number of rotatable bonds is 12. The lowest BCUT2D eigenvalue weighted by molar-refractivity contribution is -0.336. The van der Waals surface area contributed by atoms with Crippen molar-refractivity contribution in [1.29, 1.82) is 5.26 Å². The first-order valence-corrected chi connectivity index (χ1v) is 23.7. The molecule has 3 aliphatic rings. The number of carbonyl (C=O) groups excluding carboxylic acids is 2. The maximum absolute atomic E-state index is 14.5. The van der Waals surface area contributed by atoms with E-state index in [9.17, 15) is 40.4 Å². The van der Waals surface area contributed by atoms with Crippen LogP contribution >= 0.6 is 0 Å². The number of anilines is 1. The molecule has 0 bridgehead atoms. The summed E-state index contributed by atoms with van der Waals surface area (Å²) in [6.07, 6.45) is -8.75. The van der Waals surface area contributed by atoms with Gasteiger partial charge in [0.1, 0.15) is 35.1 Å². The largest absolute Gasteiger partial charge is 0.459 e. The van der Waals surface area contributed by atoms with Crippen molar-refractivity contribution in [2.75, 3.05) is 39.1 Å². The van der Waals surface area contributed by atoms with Crippen LogP contribution in [0.3, 0.4) is 0 Å². The molecular formula is C48H81N5O13. The minimum Gasteiger partial charge on any atom is -0.459 e. The summed E-state index contributed by atoms with van der Waals surface area (Å²) in [4.78, 5) is 29.5. The van der Waals surface area contributed by atoms with Crippen LogP contribution in [0.1, 0.15) is 114 Å². The SMILES string of the molecule is CCCNC[C@]1(O)[C@H](C)O[C@@H](O[C@H]2[C@H](C)[C@@H](O[C@@H]3O[C@H](C)C[C@H](N(C)C(=O)Nc4cccc(C#N)c4)[C@H]3O)[C@](C)(O)C[C@@H](C)CN[C@H](C)[C@@H](O)[C@](C)(O)[C@@H](CC)OC(=O)[C@@H]2C)C[C@@]1(C)OC. The predicted octanol–water partition coefficient (Wildman–Crippen LogP) is 3.40. The van der Waals surface area contributed by atoms with Crippen LogP contribution in [-0.4, -0.2) is 166 Å². The Kier molecular flexibility index (Phi) is 19.4. The quantitative estimate of drug-likeness (QED) is 0.110. The fraction of sp³-hybridized carbons (Fsp3) is 0.812. The monoisotopic (exact) mass is 936 g/mol. The molecule has 2 amide bonds. The number of nitrogens with zero attached hydrogens (tertiary/aromatic N) is 2. The fourth-order valence-corrected chi connectivity index (χ4v) is 10.1. The Morgan fingerprint density at radius 2 is 1.71 bits per heavy atom. The van der Waals surface area contributed by atoms with Gasteiger partial charge >= 0.3 is 12.0 Å². The molecule has 3 aliphatic heterocycles. The van der Waals surface area contributed by atoms with Crippen molar-refractivity contribution in [3.05, 3.63) is 29.8 Å². The topological polar surface area (TPSA) is 254 Å². The van der Waals surface area contributed by atoms with Crippen LogP contribution in [0.4, 0.5) is 10.5 Å². The van der Waals surface area contributed by atoms with E-state index in [1.54, 1.807) is 86.7 Å². The van der Waals surface area contributed by atoms with E-state index in [-0.39, 0.29) is 38.1 Å². The van der Waals surface area contributed by atoms with Gasteiger partial charge < -0.3 is 74.8 Å². The van der Waals surface area contributed by atoms with Crippen LogP contribution in [-0.2, 0) is 33.2 Å². The molecule has 0 aromatic heterocycles. The first-order valence-electron chi connectivity index (χ1n) is 23.7. The lowest BCUT2D eigenvalue weighted by Gasteiger charge is -2.53. The molecule has 376 valence electrons. The summed E-state index contributed by atoms with van der Waals surface area (Å²) in [6, 6.07) is 6.49. The van der Waals surface area contributed by atoms with Gasteiger partial charge in [0.05, 0.1) is 53.6 Å². The molecular weight excluding hydrogens is 855 g/mol. The van der Waals surface area contributed by atoms with Crippen molar-refractivity contribution in [1.82, 2.24) is 15.5 Å². The first kappa shape index (κ1) is 55.6. The van der Waals surface area contributed by atoms with E-state index in [0.717, 1.165) is 6.42 Å². The van der Waals surface area contributed by atoms with E-state index in [1.807, 2.05) is 13.8 Å². The van der Waals surface area contributed by atoms with Crippen LogP contribution < -0.4 is 16.0 Å². The molecule has 3 saturated heterocycles. The van der Waals surface area contributed by atoms with E-state index in [2.05, 4.69) is 22.0 Å². The number of amides is 2. The van der Waals surface area contributed by atoms with E-state index in [1.165, 1.54) is 18.9 Å². The second kappa shape index (κ2) is 23.1. The van der Waals surface area contributed by atoms with Crippen LogP contribution in [0.15, 0.2) is 24.3 Å². The highest BCUT2D eigenvalue weighted by molar-refractivity contribution is 5.89. The van der Waals surface area contributed by atoms with Gasteiger partial charge in [-0.3, -0.25) is 4.79 Å². The van der Waals surface area contributed by atoms with Crippen molar-refractivity contribution in [3.63, 3.8) is 0 Å². The highest BCUT2D eigenvalue weighted by atomic mass is 16.7. The number of methoxy groups -OCH3 is 1. The second-order valence-corrected chi connectivity index (χ2v) is 20.0. The van der Waals surface area contributed by atoms with Gasteiger partial charge in [0.15, 0.2) is 12.6 Å². The van der Waals surface area contributed by atoms with E-state index >= 15 is 0 Å². The number of ether oxygens (including phenoxy) is 6. The molecule has 0 aliphatic carbocycles. The second-order valence-electron chi connectivity index (χ2n) is 20.0. The van der Waals surface area contributed by atoms with Crippen LogP contribution in [0, 0.1) is 29.1 Å². The summed E-state index contributed by atoms with van der Waals surface area (Å²) < 4.78 is 38.5. The molecule has 8 N–H and O–H groups in total. The summed E-state index contributed by atoms with van der Waals surface area (Å²) >= 11 is 0. The lowest BCUT2D eigenvalue weighted by atomic mass is 9.75. The number of nitrogens with one attached hydrogen (secondary N) is 3. The van der Waals surface area contributed by atoms with Gasteiger partial charge in [-0.2, -0.15) is 5.26 Å². The summed E-state index contributed by atoms with van der Waals surface area (Å²) in [5.74, 6) is -3.05. The van der Waals surface area contributed by atoms with Crippen molar-refractivity contribution >= 4 is 17.7 Å². The molecule has 18 atom stereocenters. The average molecular weight is 936 g/mol. The number of aliphatic hydroxyl groups is 5. The predicted molar refractivity (Wildman–Crippen MR) is 246 cm³/mol. The smallest absolute Gasteiger partial charge is 0.321 e. The van der Waals surface area contributed by atoms with Crippen molar-refractivity contribution in [3.8, 4) is 6.07 Å². The number of nitriles is 1. The van der Waals surface area contributed by atoms with E-state index in [0.29, 0.717) is 24.3 Å². The van der Waals surface area contributed by atoms with E-state index in [4.69, 9.17) is 28.4 Å². The van der Waals surface area contributed by atoms with Gasteiger partial charge in [-0.25, -0.2) is 4.79 Å². The fourth-order valence-electron chi connectivity index (χ4n) is 10.1. The number of cyclic esters (lactones) is 1. The number of urea groups is 1. The summed E-state index contributed by atoms with van der Waals surface area (Å²) in [5.41, 5.74) is -5.52. The third-order valence-corrected chi connectivity index (χ3v) is 14.4. The number of carbonyl (C=O) groups is 2. The number of esters is 1. The highest BCUT2D eigenvalue weighted by Crippen LogP contribution is 2.43. The van der Waals surface area contributed by atoms with Crippen LogP contribution in [0.25, 0.3) is 0 Å². The Labute approximate surface area is 392 Å². The first-order chi connectivity index (χ1) is 30.8. The van der Waals surface area contributed by atoms with E-state index < -0.39 is 114 Å². The number of hydrogen-bond donors (Lipinski definition) is 8. The number of benzene rings is 1. The summed E-state index contributed by atoms with van der Waals surface area (Å²) in [7, 11) is 3.05. The van der Waals surface area contributed by atoms with Gasteiger partial charge in [0.2, 0.25) is 0 Å². The third kappa shape index (κ3) is 12.6. The standard InChI is InChI=1S/C48H81N5O13/c1-14-19-50-26-48(60)32(8)63-37(23-46(48,10)61-13)65-39-29(5)41(45(9,58)22-27(3)25-51-31(7)40(55)47(11,59)36(15-2)64-42(56)30(39)6)66-43-38(54)35(20-28(4)62-43)53(12)44(57)52-34-18-16-17-33(21-34)24-49/h16-18,21,27-32,35-41,43,50-51,54-55,58-60H,14-15,19-20,22-23,25-26H2,1-13H3,(H,52,57)/t27-,28-,29+,30-,31-,32+,35+,36-,37+,38-,39+,40-,41-,43+,45-,46-,47-,48+/m1/s1. The van der Waals surface area contributed by atoms with Gasteiger partial charge in [-0.1, -0.05) is 33.8 Å². The Morgan fingerprint density at radius 3 is 2.33 bits per heavy atom. The van der Waals surface area contributed by atoms with Gasteiger partial charge in [-0.15, -0.1) is 0 Å². The third-order valence-electron chi connectivity index (χ3n) is 14.4. The highest BCUT2D eigenvalue weighted by Gasteiger charge is 2.58. The molecule has 0 spiro atoms. The molecule has 0 unspecified atom stereocenters. The minimum atomic E-state index is -1.87. The van der Waals surface area contributed by atoms with Gasteiger partial charge in [0, 0.05) is 44.8 Å². The minimum absolute atomic E-state index is 0.0307. The molecule has 3 fully saturated rings. The molecule has 66 heavy (non-hydrogen) atoms. The number of hydrogen-bond acceptors (Lipinski definition) is 16. The van der Waals surface area contributed by atoms with Crippen LogP contribution in [0.5, 0.6) is 0 Å². The van der Waals surface area contributed by atoms with Crippen molar-refractivity contribution < 1.29 is 63.5 Å². The van der Waals surface area contributed by atoms with Crippen LogP contribution in [0.2, 0.25) is 0 Å². The Hall–Kier alpha value is -3.03. The molecule has 0 radical (unpaired) electrons. The molecule has 1 aromatic carbocycles. The van der Waals surface area contributed by atoms with Gasteiger partial charge in [0.25, 0.3) is 0 Å². The molecule has 4 rings (SSSR count). The normalized spacial score (nSPS) is 42.0. The lowest BCUT2D eigenvalue weighted by Crippen LogP contribution is -2.70. The number of likely N-dealkylation sites (N-methyl/N-ethyl adjacent to an activating group) is 1. The molecule has 0 saturated carbocycles.